The first-order valence-corrected chi connectivity index (χ1v) is 7.07. The summed E-state index contributed by atoms with van der Waals surface area (Å²) >= 11 is 0. The van der Waals surface area contributed by atoms with Crippen LogP contribution in [0.2, 0.25) is 0 Å². The Morgan fingerprint density at radius 2 is 1.82 bits per heavy atom. The Labute approximate surface area is 127 Å². The number of aliphatic imine (C=N–C) groups is 1. The van der Waals surface area contributed by atoms with Crippen LogP contribution in [-0.2, 0) is 6.54 Å². The van der Waals surface area contributed by atoms with Crippen LogP contribution < -0.4 is 4.90 Å². The zero-order chi connectivity index (χ0) is 15.3. The van der Waals surface area contributed by atoms with Crippen LogP contribution in [0.15, 0.2) is 47.5 Å². The van der Waals surface area contributed by atoms with Gasteiger partial charge < -0.3 is 15.1 Å². The summed E-state index contributed by atoms with van der Waals surface area (Å²) in [5.41, 5.74) is 2.56. The first kappa shape index (κ1) is 12.8. The van der Waals surface area contributed by atoms with Gasteiger partial charge in [-0.1, -0.05) is 24.3 Å². The predicted octanol–water partition coefficient (Wildman–Crippen LogP) is 3.65. The summed E-state index contributed by atoms with van der Waals surface area (Å²) < 4.78 is 0. The fraction of sp³-hybridized carbons (Fsp3) is 0.118. The number of aromatic amines is 1. The molecule has 110 valence electrons. The molecule has 3 aromatic rings. The van der Waals surface area contributed by atoms with E-state index in [1.165, 1.54) is 6.07 Å². The highest BCUT2D eigenvalue weighted by molar-refractivity contribution is 6.01. The maximum atomic E-state index is 9.91. The molecule has 3 N–H and O–H groups in total. The molecule has 0 atom stereocenters. The summed E-state index contributed by atoms with van der Waals surface area (Å²) in [6.45, 7) is 2.49. The largest absolute Gasteiger partial charge is 0.494 e. The minimum absolute atomic E-state index is 0.0590. The molecule has 0 bridgehead atoms. The van der Waals surface area contributed by atoms with Crippen LogP contribution in [0.25, 0.3) is 10.8 Å². The van der Waals surface area contributed by atoms with Gasteiger partial charge in [0.05, 0.1) is 12.2 Å². The molecule has 22 heavy (non-hydrogen) atoms. The van der Waals surface area contributed by atoms with Gasteiger partial charge in [0, 0.05) is 6.07 Å². The van der Waals surface area contributed by atoms with Crippen molar-refractivity contribution in [3.8, 4) is 11.8 Å². The summed E-state index contributed by atoms with van der Waals surface area (Å²) in [6.07, 6.45) is 0. The van der Waals surface area contributed by atoms with Crippen molar-refractivity contribution in [3.05, 3.63) is 48.0 Å². The minimum Gasteiger partial charge on any atom is -0.494 e. The molecule has 1 aromatic heterocycles. The number of nitrogens with one attached hydrogen (secondary N) is 1. The first-order valence-electron chi connectivity index (χ1n) is 7.07. The predicted molar refractivity (Wildman–Crippen MR) is 87.0 cm³/mol. The summed E-state index contributed by atoms with van der Waals surface area (Å²) in [5.74, 6) is 0.651. The summed E-state index contributed by atoms with van der Waals surface area (Å²) in [4.78, 5) is 9.01. The molecule has 0 amide bonds. The van der Waals surface area contributed by atoms with E-state index in [4.69, 9.17) is 0 Å². The number of amidine groups is 1. The lowest BCUT2D eigenvalue weighted by molar-refractivity contribution is 0.425. The lowest BCUT2D eigenvalue weighted by Crippen LogP contribution is -2.30. The number of fused-ring (bicyclic) bond motifs is 2. The molecule has 1 aliphatic heterocycles. The number of rotatable bonds is 1. The van der Waals surface area contributed by atoms with Crippen molar-refractivity contribution in [1.82, 2.24) is 4.98 Å². The van der Waals surface area contributed by atoms with Crippen molar-refractivity contribution in [1.29, 1.82) is 0 Å². The number of aromatic nitrogens is 1. The molecule has 0 spiro atoms. The summed E-state index contributed by atoms with van der Waals surface area (Å²) in [6, 6.07) is 13.9. The number of nitrogens with zero attached hydrogens (tertiary/aromatic N) is 2. The molecule has 0 aliphatic carbocycles. The van der Waals surface area contributed by atoms with Crippen LogP contribution in [0, 0.1) is 0 Å². The van der Waals surface area contributed by atoms with E-state index < -0.39 is 0 Å². The zero-order valence-corrected chi connectivity index (χ0v) is 12.0. The van der Waals surface area contributed by atoms with Crippen LogP contribution >= 0.6 is 0 Å². The number of benzene rings is 2. The van der Waals surface area contributed by atoms with Crippen LogP contribution in [0.1, 0.15) is 12.5 Å². The van der Waals surface area contributed by atoms with Crippen LogP contribution in [0.5, 0.6) is 11.8 Å². The third-order valence-electron chi connectivity index (χ3n) is 4.00. The summed E-state index contributed by atoms with van der Waals surface area (Å²) in [5, 5.41) is 21.7. The Hall–Kier alpha value is -2.95. The molecular formula is C17H15N3O2. The van der Waals surface area contributed by atoms with Crippen LogP contribution in [0.4, 0.5) is 11.4 Å². The van der Waals surface area contributed by atoms with Gasteiger partial charge in [0.1, 0.15) is 11.5 Å². The second-order valence-corrected chi connectivity index (χ2v) is 5.46. The lowest BCUT2D eigenvalue weighted by Gasteiger charge is -2.28. The van der Waals surface area contributed by atoms with E-state index in [-0.39, 0.29) is 11.8 Å². The summed E-state index contributed by atoms with van der Waals surface area (Å²) in [7, 11) is 0. The quantitative estimate of drug-likeness (QED) is 0.641. The van der Waals surface area contributed by atoms with Gasteiger partial charge in [-0.2, -0.15) is 0 Å². The van der Waals surface area contributed by atoms with Gasteiger partial charge in [-0.25, -0.2) is 4.99 Å². The monoisotopic (exact) mass is 293 g/mol. The van der Waals surface area contributed by atoms with Gasteiger partial charge >= 0.3 is 0 Å². The van der Waals surface area contributed by atoms with E-state index in [1.807, 2.05) is 24.0 Å². The Morgan fingerprint density at radius 3 is 2.50 bits per heavy atom. The Morgan fingerprint density at radius 1 is 1.09 bits per heavy atom. The number of aromatic hydroxyl groups is 2. The van der Waals surface area contributed by atoms with Gasteiger partial charge in [-0.3, -0.25) is 4.98 Å². The molecule has 0 unspecified atom stereocenters. The fourth-order valence-corrected chi connectivity index (χ4v) is 2.91. The fourth-order valence-electron chi connectivity index (χ4n) is 2.91. The van der Waals surface area contributed by atoms with Crippen molar-refractivity contribution < 1.29 is 10.2 Å². The molecule has 4 rings (SSSR count). The van der Waals surface area contributed by atoms with Crippen molar-refractivity contribution >= 4 is 28.0 Å². The average molecular weight is 293 g/mol. The van der Waals surface area contributed by atoms with E-state index in [0.29, 0.717) is 12.2 Å². The van der Waals surface area contributed by atoms with Crippen molar-refractivity contribution in [3.63, 3.8) is 0 Å². The van der Waals surface area contributed by atoms with Gasteiger partial charge in [-0.15, -0.1) is 0 Å². The number of H-pyrrole nitrogens is 1. The van der Waals surface area contributed by atoms with Gasteiger partial charge in [0.2, 0.25) is 5.88 Å². The average Bonchev–Trinajstić information content (AvgIpc) is 2.83. The van der Waals surface area contributed by atoms with Crippen molar-refractivity contribution in [2.45, 2.75) is 13.5 Å². The van der Waals surface area contributed by atoms with E-state index >= 15 is 0 Å². The van der Waals surface area contributed by atoms with E-state index in [0.717, 1.165) is 27.9 Å². The maximum Gasteiger partial charge on any atom is 0.215 e. The second-order valence-electron chi connectivity index (χ2n) is 5.46. The highest BCUT2D eigenvalue weighted by Crippen LogP contribution is 2.37. The highest BCUT2D eigenvalue weighted by atomic mass is 16.3. The van der Waals surface area contributed by atoms with E-state index in [1.54, 1.807) is 0 Å². The Balaban J connectivity index is 1.84. The molecule has 0 saturated heterocycles. The van der Waals surface area contributed by atoms with Gasteiger partial charge in [0.15, 0.2) is 5.88 Å². The van der Waals surface area contributed by atoms with Crippen LogP contribution in [-0.4, -0.2) is 21.0 Å². The van der Waals surface area contributed by atoms with Gasteiger partial charge in [-0.05, 0) is 35.4 Å². The lowest BCUT2D eigenvalue weighted by atomic mass is 10.0. The maximum absolute atomic E-state index is 9.91. The Kier molecular flexibility index (Phi) is 2.63. The highest BCUT2D eigenvalue weighted by Gasteiger charge is 2.22. The molecule has 5 heteroatoms. The minimum atomic E-state index is -0.0652. The van der Waals surface area contributed by atoms with E-state index in [9.17, 15) is 10.2 Å². The SMILES string of the molecule is CC1=Nc2cc3ccccc3cc2CN1c1cc(O)[nH]c1O. The third kappa shape index (κ3) is 1.90. The molecule has 0 fully saturated rings. The van der Waals surface area contributed by atoms with E-state index in [2.05, 4.69) is 34.2 Å². The number of hydrogen-bond donors (Lipinski definition) is 3. The van der Waals surface area contributed by atoms with Crippen molar-refractivity contribution in [2.24, 2.45) is 4.99 Å². The third-order valence-corrected chi connectivity index (χ3v) is 4.00. The number of anilines is 1. The smallest absolute Gasteiger partial charge is 0.215 e. The molecule has 0 saturated carbocycles. The topological polar surface area (TPSA) is 71.8 Å². The van der Waals surface area contributed by atoms with Crippen LogP contribution in [0.3, 0.4) is 0 Å². The standard InChI is InChI=1S/C17H15N3O2/c1-10-18-14-7-12-5-3-2-4-11(12)6-13(14)9-20(10)15-8-16(21)19-17(15)22/h2-8,19,21-22H,9H2,1H3. The second kappa shape index (κ2) is 4.53. The molecule has 2 heterocycles. The Bertz CT molecular complexity index is 911. The molecule has 2 aromatic carbocycles. The normalized spacial score (nSPS) is 14.0. The molecule has 1 aliphatic rings. The van der Waals surface area contributed by atoms with Crippen molar-refractivity contribution in [2.75, 3.05) is 4.90 Å². The molecular weight excluding hydrogens is 278 g/mol. The van der Waals surface area contributed by atoms with Gasteiger partial charge in [0.25, 0.3) is 0 Å². The number of hydrogen-bond acceptors (Lipinski definition) is 4. The molecule has 5 nitrogen and oxygen atoms in total. The zero-order valence-electron chi connectivity index (χ0n) is 12.0. The first-order chi connectivity index (χ1) is 10.6. The molecule has 0 radical (unpaired) electrons.